The van der Waals surface area contributed by atoms with Gasteiger partial charge >= 0.3 is 0 Å². The Hall–Kier alpha value is -2.21. The van der Waals surface area contributed by atoms with Gasteiger partial charge in [-0.2, -0.15) is 5.10 Å². The fourth-order valence-electron chi connectivity index (χ4n) is 4.29. The monoisotopic (exact) mass is 370 g/mol. The largest absolute Gasteiger partial charge is 0.348 e. The van der Waals surface area contributed by atoms with Gasteiger partial charge in [0.25, 0.3) is 5.91 Å². The average molecular weight is 370 g/mol. The molecule has 2 aliphatic rings. The van der Waals surface area contributed by atoms with Crippen molar-refractivity contribution in [2.75, 3.05) is 19.6 Å². The van der Waals surface area contributed by atoms with Crippen molar-refractivity contribution in [3.05, 3.63) is 47.0 Å². The quantitative estimate of drug-likeness (QED) is 0.880. The van der Waals surface area contributed by atoms with Crippen LogP contribution in [0.4, 0.5) is 4.39 Å². The molecular weight excluding hydrogens is 343 g/mol. The standard InChI is InChI=1S/C21H27FN4O/c1-2-12-25-13-10-16(11-14-25)23-21(27)20-18-4-3-5-19(18)26(24-20)17-8-6-15(22)7-9-17/h6-9,16H,2-5,10-14H2,1H3,(H,23,27). The Balaban J connectivity index is 1.50. The molecular formula is C21H27FN4O. The van der Waals surface area contributed by atoms with Gasteiger partial charge in [-0.1, -0.05) is 6.92 Å². The molecule has 1 saturated heterocycles. The van der Waals surface area contributed by atoms with Crippen LogP contribution >= 0.6 is 0 Å². The molecule has 1 aliphatic heterocycles. The van der Waals surface area contributed by atoms with Crippen LogP contribution < -0.4 is 5.32 Å². The molecule has 27 heavy (non-hydrogen) atoms. The second-order valence-electron chi connectivity index (χ2n) is 7.61. The van der Waals surface area contributed by atoms with E-state index in [1.807, 2.05) is 4.68 Å². The number of carbonyl (C=O) groups excluding carboxylic acids is 1. The van der Waals surface area contributed by atoms with Gasteiger partial charge in [0.1, 0.15) is 5.82 Å². The van der Waals surface area contributed by atoms with Crippen molar-refractivity contribution < 1.29 is 9.18 Å². The maximum atomic E-state index is 13.2. The van der Waals surface area contributed by atoms with Crippen LogP contribution in [-0.2, 0) is 12.8 Å². The third-order valence-corrected chi connectivity index (χ3v) is 5.68. The highest BCUT2D eigenvalue weighted by Crippen LogP contribution is 2.28. The highest BCUT2D eigenvalue weighted by molar-refractivity contribution is 5.94. The molecule has 1 aliphatic carbocycles. The molecule has 1 aromatic heterocycles. The molecule has 2 aromatic rings. The van der Waals surface area contributed by atoms with Crippen molar-refractivity contribution in [2.45, 2.75) is 51.5 Å². The number of benzene rings is 1. The zero-order valence-electron chi connectivity index (χ0n) is 15.9. The first-order valence-corrected chi connectivity index (χ1v) is 10.1. The summed E-state index contributed by atoms with van der Waals surface area (Å²) in [6.45, 7) is 5.42. The molecule has 144 valence electrons. The number of likely N-dealkylation sites (tertiary alicyclic amines) is 1. The molecule has 0 spiro atoms. The Labute approximate surface area is 159 Å². The lowest BCUT2D eigenvalue weighted by atomic mass is 10.0. The number of hydrogen-bond acceptors (Lipinski definition) is 3. The van der Waals surface area contributed by atoms with E-state index >= 15 is 0 Å². The number of halogens is 1. The number of piperidine rings is 1. The highest BCUT2D eigenvalue weighted by Gasteiger charge is 2.29. The van der Waals surface area contributed by atoms with Crippen molar-refractivity contribution in [2.24, 2.45) is 0 Å². The van der Waals surface area contributed by atoms with E-state index < -0.39 is 0 Å². The van der Waals surface area contributed by atoms with Crippen LogP contribution in [0.2, 0.25) is 0 Å². The number of amides is 1. The first-order valence-electron chi connectivity index (χ1n) is 10.1. The smallest absolute Gasteiger partial charge is 0.272 e. The van der Waals surface area contributed by atoms with Gasteiger partial charge in [-0.25, -0.2) is 9.07 Å². The zero-order chi connectivity index (χ0) is 18.8. The first-order chi connectivity index (χ1) is 13.2. The number of fused-ring (bicyclic) bond motifs is 1. The molecule has 2 heterocycles. The molecule has 1 amide bonds. The van der Waals surface area contributed by atoms with Crippen LogP contribution in [0.1, 0.15) is 54.4 Å². The predicted molar refractivity (Wildman–Crippen MR) is 103 cm³/mol. The van der Waals surface area contributed by atoms with Crippen LogP contribution in [0.15, 0.2) is 24.3 Å². The van der Waals surface area contributed by atoms with Crippen molar-refractivity contribution >= 4 is 5.91 Å². The normalized spacial score (nSPS) is 17.9. The summed E-state index contributed by atoms with van der Waals surface area (Å²) in [6.07, 6.45) is 5.98. The van der Waals surface area contributed by atoms with Crippen molar-refractivity contribution in [3.8, 4) is 5.69 Å². The van der Waals surface area contributed by atoms with Gasteiger partial charge in [0.05, 0.1) is 5.69 Å². The van der Waals surface area contributed by atoms with E-state index in [9.17, 15) is 9.18 Å². The molecule has 6 heteroatoms. The Morgan fingerprint density at radius 2 is 1.96 bits per heavy atom. The van der Waals surface area contributed by atoms with Crippen LogP contribution in [-0.4, -0.2) is 46.3 Å². The summed E-state index contributed by atoms with van der Waals surface area (Å²) >= 11 is 0. The van der Waals surface area contributed by atoms with Crippen LogP contribution in [0, 0.1) is 5.82 Å². The summed E-state index contributed by atoms with van der Waals surface area (Å²) in [6, 6.07) is 6.52. The number of aromatic nitrogens is 2. The molecule has 1 N–H and O–H groups in total. The Bertz CT molecular complexity index is 806. The van der Waals surface area contributed by atoms with Gasteiger partial charge in [-0.15, -0.1) is 0 Å². The Morgan fingerprint density at radius 3 is 2.67 bits per heavy atom. The lowest BCUT2D eigenvalue weighted by molar-refractivity contribution is 0.0904. The van der Waals surface area contributed by atoms with Gasteiger partial charge in [0.15, 0.2) is 5.69 Å². The highest BCUT2D eigenvalue weighted by atomic mass is 19.1. The average Bonchev–Trinajstić information content (AvgIpc) is 3.27. The maximum Gasteiger partial charge on any atom is 0.272 e. The molecule has 5 nitrogen and oxygen atoms in total. The lowest BCUT2D eigenvalue weighted by Gasteiger charge is -2.31. The Morgan fingerprint density at radius 1 is 1.22 bits per heavy atom. The second-order valence-corrected chi connectivity index (χ2v) is 7.61. The van der Waals surface area contributed by atoms with E-state index in [2.05, 4.69) is 22.2 Å². The molecule has 0 saturated carbocycles. The van der Waals surface area contributed by atoms with Crippen LogP contribution in [0.25, 0.3) is 5.69 Å². The Kier molecular flexibility index (Phi) is 5.25. The van der Waals surface area contributed by atoms with Crippen LogP contribution in [0.5, 0.6) is 0 Å². The first kappa shape index (κ1) is 18.2. The minimum Gasteiger partial charge on any atom is -0.348 e. The SMILES string of the molecule is CCCN1CCC(NC(=O)c2nn(-c3ccc(F)cc3)c3c2CCC3)CC1. The molecule has 0 unspecified atom stereocenters. The van der Waals surface area contributed by atoms with Gasteiger partial charge < -0.3 is 10.2 Å². The second kappa shape index (κ2) is 7.80. The van der Waals surface area contributed by atoms with E-state index in [1.165, 1.54) is 18.6 Å². The van der Waals surface area contributed by atoms with Gasteiger partial charge in [0.2, 0.25) is 0 Å². The maximum absolute atomic E-state index is 13.2. The van der Waals surface area contributed by atoms with E-state index in [1.54, 1.807) is 12.1 Å². The fraction of sp³-hybridized carbons (Fsp3) is 0.524. The van der Waals surface area contributed by atoms with Gasteiger partial charge in [-0.3, -0.25) is 4.79 Å². The number of carbonyl (C=O) groups is 1. The van der Waals surface area contributed by atoms with Crippen LogP contribution in [0.3, 0.4) is 0 Å². The summed E-state index contributed by atoms with van der Waals surface area (Å²) in [7, 11) is 0. The van der Waals surface area contributed by atoms with Crippen molar-refractivity contribution in [3.63, 3.8) is 0 Å². The lowest BCUT2D eigenvalue weighted by Crippen LogP contribution is -2.45. The molecule has 4 rings (SSSR count). The number of hydrogen-bond donors (Lipinski definition) is 1. The third-order valence-electron chi connectivity index (χ3n) is 5.68. The van der Waals surface area contributed by atoms with E-state index in [-0.39, 0.29) is 17.8 Å². The molecule has 1 aromatic carbocycles. The van der Waals surface area contributed by atoms with Gasteiger partial charge in [-0.05, 0) is 69.3 Å². The molecule has 0 bridgehead atoms. The number of nitrogens with one attached hydrogen (secondary N) is 1. The van der Waals surface area contributed by atoms with Crippen molar-refractivity contribution in [1.82, 2.24) is 20.0 Å². The number of nitrogens with zero attached hydrogens (tertiary/aromatic N) is 3. The topological polar surface area (TPSA) is 50.2 Å². The van der Waals surface area contributed by atoms with E-state index in [0.717, 1.165) is 68.7 Å². The number of rotatable bonds is 5. The molecule has 1 fully saturated rings. The summed E-state index contributed by atoms with van der Waals surface area (Å²) in [5, 5.41) is 7.81. The minimum absolute atomic E-state index is 0.0667. The minimum atomic E-state index is -0.269. The summed E-state index contributed by atoms with van der Waals surface area (Å²) < 4.78 is 15.1. The van der Waals surface area contributed by atoms with E-state index in [4.69, 9.17) is 0 Å². The molecule has 0 radical (unpaired) electrons. The summed E-state index contributed by atoms with van der Waals surface area (Å²) in [5.41, 5.74) is 3.49. The molecule has 0 atom stereocenters. The van der Waals surface area contributed by atoms with Gasteiger partial charge in [0, 0.05) is 30.4 Å². The fourth-order valence-corrected chi connectivity index (χ4v) is 4.29. The zero-order valence-corrected chi connectivity index (χ0v) is 15.9. The predicted octanol–water partition coefficient (Wildman–Crippen LogP) is 3.10. The van der Waals surface area contributed by atoms with Crippen molar-refractivity contribution in [1.29, 1.82) is 0 Å². The summed E-state index contributed by atoms with van der Waals surface area (Å²) in [5.74, 6) is -0.335. The third kappa shape index (κ3) is 3.76. The van der Waals surface area contributed by atoms with E-state index in [0.29, 0.717) is 5.69 Å². The summed E-state index contributed by atoms with van der Waals surface area (Å²) in [4.78, 5) is 15.4.